The first-order valence-electron chi connectivity index (χ1n) is 5.45. The second kappa shape index (κ2) is 5.77. The highest BCUT2D eigenvalue weighted by Gasteiger charge is 2.19. The molecule has 0 aromatic heterocycles. The first-order valence-corrected chi connectivity index (χ1v) is 5.45. The highest BCUT2D eigenvalue weighted by Crippen LogP contribution is 2.24. The Morgan fingerprint density at radius 1 is 1.47 bits per heavy atom. The van der Waals surface area contributed by atoms with Gasteiger partial charge in [0, 0.05) is 6.04 Å². The van der Waals surface area contributed by atoms with E-state index in [2.05, 4.69) is 4.74 Å². The number of hydrogen-bond donors (Lipinski definition) is 0. The lowest BCUT2D eigenvalue weighted by Crippen LogP contribution is -2.23. The van der Waals surface area contributed by atoms with Gasteiger partial charge in [0.15, 0.2) is 0 Å². The third kappa shape index (κ3) is 3.53. The van der Waals surface area contributed by atoms with Gasteiger partial charge in [-0.05, 0) is 38.2 Å². The molecule has 0 N–H and O–H groups in total. The van der Waals surface area contributed by atoms with Crippen LogP contribution < -0.4 is 0 Å². The van der Waals surface area contributed by atoms with E-state index in [0.29, 0.717) is 5.56 Å². The summed E-state index contributed by atoms with van der Waals surface area (Å²) >= 11 is 0. The molecule has 0 aliphatic heterocycles. The smallest absolute Gasteiger partial charge is 0.307 e. The molecule has 0 bridgehead atoms. The fourth-order valence-electron chi connectivity index (χ4n) is 1.71. The Bertz CT molecular complexity index is 404. The minimum Gasteiger partial charge on any atom is -0.469 e. The van der Waals surface area contributed by atoms with Crippen molar-refractivity contribution in [2.45, 2.75) is 19.4 Å². The predicted molar refractivity (Wildman–Crippen MR) is 64.2 cm³/mol. The number of nitrogens with zero attached hydrogens (tertiary/aromatic N) is 1. The van der Waals surface area contributed by atoms with Crippen LogP contribution in [-0.2, 0) is 9.53 Å². The average Bonchev–Trinajstić information content (AvgIpc) is 2.29. The van der Waals surface area contributed by atoms with Crippen LogP contribution in [0.4, 0.5) is 4.39 Å². The van der Waals surface area contributed by atoms with Crippen molar-refractivity contribution >= 4 is 5.97 Å². The van der Waals surface area contributed by atoms with E-state index in [0.717, 1.165) is 5.56 Å². The molecule has 0 spiro atoms. The lowest BCUT2D eigenvalue weighted by Gasteiger charge is -2.24. The van der Waals surface area contributed by atoms with E-state index in [1.807, 2.05) is 19.0 Å². The van der Waals surface area contributed by atoms with Crippen LogP contribution in [0.3, 0.4) is 0 Å². The van der Waals surface area contributed by atoms with Gasteiger partial charge in [-0.3, -0.25) is 4.79 Å². The van der Waals surface area contributed by atoms with Crippen LogP contribution in [0.25, 0.3) is 0 Å². The zero-order valence-corrected chi connectivity index (χ0v) is 10.7. The fraction of sp³-hybridized carbons (Fsp3) is 0.462. The number of rotatable bonds is 4. The van der Waals surface area contributed by atoms with Crippen LogP contribution in [0.2, 0.25) is 0 Å². The van der Waals surface area contributed by atoms with Crippen molar-refractivity contribution in [3.63, 3.8) is 0 Å². The number of ether oxygens (including phenoxy) is 1. The molecule has 0 heterocycles. The number of methoxy groups -OCH3 is 1. The Hall–Kier alpha value is -1.42. The largest absolute Gasteiger partial charge is 0.469 e. The molecule has 0 aliphatic carbocycles. The molecule has 0 amide bonds. The van der Waals surface area contributed by atoms with E-state index < -0.39 is 0 Å². The van der Waals surface area contributed by atoms with Crippen molar-refractivity contribution in [1.29, 1.82) is 0 Å². The normalized spacial score (nSPS) is 12.6. The second-order valence-electron chi connectivity index (χ2n) is 4.27. The molecule has 0 fully saturated rings. The summed E-state index contributed by atoms with van der Waals surface area (Å²) in [6.45, 7) is 1.71. The summed E-state index contributed by atoms with van der Waals surface area (Å²) in [4.78, 5) is 13.2. The zero-order chi connectivity index (χ0) is 13.0. The van der Waals surface area contributed by atoms with Crippen molar-refractivity contribution in [2.75, 3.05) is 21.2 Å². The lowest BCUT2D eigenvalue weighted by atomic mass is 10.0. The summed E-state index contributed by atoms with van der Waals surface area (Å²) < 4.78 is 17.9. The van der Waals surface area contributed by atoms with Gasteiger partial charge in [-0.1, -0.05) is 12.1 Å². The Kier molecular flexibility index (Phi) is 4.63. The van der Waals surface area contributed by atoms with Crippen LogP contribution >= 0.6 is 0 Å². The van der Waals surface area contributed by atoms with E-state index >= 15 is 0 Å². The summed E-state index contributed by atoms with van der Waals surface area (Å²) in [6.07, 6.45) is 0.259. The number of esters is 1. The maximum atomic E-state index is 13.2. The molecule has 0 radical (unpaired) electrons. The third-order valence-electron chi connectivity index (χ3n) is 2.78. The summed E-state index contributed by atoms with van der Waals surface area (Å²) in [6, 6.07) is 4.80. The van der Waals surface area contributed by atoms with Gasteiger partial charge in [-0.15, -0.1) is 0 Å². The van der Waals surface area contributed by atoms with Crippen molar-refractivity contribution < 1.29 is 13.9 Å². The minimum absolute atomic E-state index is 0.0956. The van der Waals surface area contributed by atoms with Crippen molar-refractivity contribution in [3.8, 4) is 0 Å². The standard InChI is InChI=1S/C13H18FNO2/c1-9-7-10(5-6-11(9)14)12(15(2)3)8-13(16)17-4/h5-7,12H,8H2,1-4H3. The highest BCUT2D eigenvalue weighted by atomic mass is 19.1. The van der Waals surface area contributed by atoms with Gasteiger partial charge < -0.3 is 9.64 Å². The summed E-state index contributed by atoms with van der Waals surface area (Å²) in [5.41, 5.74) is 1.50. The molecule has 94 valence electrons. The van der Waals surface area contributed by atoms with Gasteiger partial charge in [-0.25, -0.2) is 4.39 Å². The molecule has 1 aromatic rings. The maximum Gasteiger partial charge on any atom is 0.307 e. The molecule has 1 unspecified atom stereocenters. The van der Waals surface area contributed by atoms with Crippen LogP contribution in [0.5, 0.6) is 0 Å². The molecule has 1 atom stereocenters. The molecule has 1 rings (SSSR count). The lowest BCUT2D eigenvalue weighted by molar-refractivity contribution is -0.141. The van der Waals surface area contributed by atoms with Crippen LogP contribution in [-0.4, -0.2) is 32.1 Å². The Labute approximate surface area is 101 Å². The Balaban J connectivity index is 2.97. The third-order valence-corrected chi connectivity index (χ3v) is 2.78. The zero-order valence-electron chi connectivity index (χ0n) is 10.7. The number of aryl methyl sites for hydroxylation is 1. The van der Waals surface area contributed by atoms with Gasteiger partial charge in [0.2, 0.25) is 0 Å². The molecular formula is C13H18FNO2. The summed E-state index contributed by atoms with van der Waals surface area (Å²) in [7, 11) is 5.13. The summed E-state index contributed by atoms with van der Waals surface area (Å²) in [5.74, 6) is -0.505. The number of hydrogen-bond acceptors (Lipinski definition) is 3. The quantitative estimate of drug-likeness (QED) is 0.755. The SMILES string of the molecule is COC(=O)CC(c1ccc(F)c(C)c1)N(C)C. The minimum atomic E-state index is -0.273. The van der Waals surface area contributed by atoms with Crippen molar-refractivity contribution in [1.82, 2.24) is 4.90 Å². The van der Waals surface area contributed by atoms with Gasteiger partial charge in [-0.2, -0.15) is 0 Å². The number of carbonyl (C=O) groups excluding carboxylic acids is 1. The molecule has 0 saturated heterocycles. The number of carbonyl (C=O) groups is 1. The molecular weight excluding hydrogens is 221 g/mol. The Morgan fingerprint density at radius 2 is 2.12 bits per heavy atom. The topological polar surface area (TPSA) is 29.5 Å². The first kappa shape index (κ1) is 13.6. The van der Waals surface area contributed by atoms with E-state index in [-0.39, 0.29) is 24.2 Å². The van der Waals surface area contributed by atoms with Crippen LogP contribution in [0, 0.1) is 12.7 Å². The summed E-state index contributed by atoms with van der Waals surface area (Å²) in [5, 5.41) is 0. The van der Waals surface area contributed by atoms with E-state index in [4.69, 9.17) is 0 Å². The van der Waals surface area contributed by atoms with Gasteiger partial charge in [0.1, 0.15) is 5.82 Å². The van der Waals surface area contributed by atoms with Gasteiger partial charge in [0.25, 0.3) is 0 Å². The van der Waals surface area contributed by atoms with Crippen LogP contribution in [0.15, 0.2) is 18.2 Å². The van der Waals surface area contributed by atoms with Gasteiger partial charge >= 0.3 is 5.97 Å². The predicted octanol–water partition coefficient (Wildman–Crippen LogP) is 2.30. The molecule has 0 saturated carbocycles. The number of benzene rings is 1. The average molecular weight is 239 g/mol. The maximum absolute atomic E-state index is 13.2. The van der Waals surface area contributed by atoms with Gasteiger partial charge in [0.05, 0.1) is 13.5 Å². The van der Waals surface area contributed by atoms with Crippen molar-refractivity contribution in [2.24, 2.45) is 0 Å². The van der Waals surface area contributed by atoms with E-state index in [1.165, 1.54) is 13.2 Å². The fourth-order valence-corrected chi connectivity index (χ4v) is 1.71. The number of halogens is 1. The monoisotopic (exact) mass is 239 g/mol. The molecule has 17 heavy (non-hydrogen) atoms. The highest BCUT2D eigenvalue weighted by molar-refractivity contribution is 5.70. The molecule has 3 nitrogen and oxygen atoms in total. The first-order chi connectivity index (χ1) is 7.95. The molecule has 1 aromatic carbocycles. The van der Waals surface area contributed by atoms with E-state index in [9.17, 15) is 9.18 Å². The molecule has 4 heteroatoms. The molecule has 0 aliphatic rings. The van der Waals surface area contributed by atoms with Crippen molar-refractivity contribution in [3.05, 3.63) is 35.1 Å². The van der Waals surface area contributed by atoms with Crippen LogP contribution in [0.1, 0.15) is 23.6 Å². The Morgan fingerprint density at radius 3 is 2.59 bits per heavy atom. The van der Waals surface area contributed by atoms with E-state index in [1.54, 1.807) is 19.1 Å². The second-order valence-corrected chi connectivity index (χ2v) is 4.27.